The van der Waals surface area contributed by atoms with Crippen LogP contribution in [0.5, 0.6) is 11.5 Å². The van der Waals surface area contributed by atoms with Gasteiger partial charge in [0, 0.05) is 35.6 Å². The molecule has 0 saturated heterocycles. The van der Waals surface area contributed by atoms with Gasteiger partial charge in [-0.05, 0) is 73.7 Å². The van der Waals surface area contributed by atoms with Crippen LogP contribution in [0.3, 0.4) is 0 Å². The minimum absolute atomic E-state index is 0.0663. The Labute approximate surface area is 255 Å². The minimum atomic E-state index is -1.34. The molecule has 2 aliphatic heterocycles. The first-order chi connectivity index (χ1) is 20.7. The molecule has 0 fully saturated rings. The summed E-state index contributed by atoms with van der Waals surface area (Å²) in [5.74, 6) is 1.03. The van der Waals surface area contributed by atoms with Crippen molar-refractivity contribution in [2.24, 2.45) is 0 Å². The topological polar surface area (TPSA) is 107 Å². The molecule has 43 heavy (non-hydrogen) atoms. The zero-order chi connectivity index (χ0) is 30.1. The van der Waals surface area contributed by atoms with E-state index >= 15 is 0 Å². The number of ether oxygens (including phenoxy) is 2. The van der Waals surface area contributed by atoms with Crippen LogP contribution in [0.15, 0.2) is 78.9 Å². The monoisotopic (exact) mass is 597 g/mol. The fraction of sp³-hybridized carbons (Fsp3) is 0.294. The summed E-state index contributed by atoms with van der Waals surface area (Å²) in [5, 5.41) is 13.1. The van der Waals surface area contributed by atoms with Gasteiger partial charge in [-0.3, -0.25) is 4.79 Å². The third-order valence-corrected chi connectivity index (χ3v) is 9.51. The summed E-state index contributed by atoms with van der Waals surface area (Å²) in [6, 6.07) is 25.3. The van der Waals surface area contributed by atoms with Gasteiger partial charge in [0.1, 0.15) is 10.4 Å². The van der Waals surface area contributed by atoms with Gasteiger partial charge in [-0.25, -0.2) is 4.98 Å². The van der Waals surface area contributed by atoms with E-state index < -0.39 is 16.1 Å². The molecule has 3 aromatic carbocycles. The predicted octanol–water partition coefficient (Wildman–Crippen LogP) is 5.78. The van der Waals surface area contributed by atoms with Crippen molar-refractivity contribution in [1.82, 2.24) is 14.6 Å². The van der Waals surface area contributed by atoms with Gasteiger partial charge in [-0.1, -0.05) is 54.6 Å². The van der Waals surface area contributed by atoms with Crippen LogP contribution in [0.2, 0.25) is 0 Å². The Kier molecular flexibility index (Phi) is 8.15. The Morgan fingerprint density at radius 2 is 1.74 bits per heavy atom. The minimum Gasteiger partial charge on any atom is -0.597 e. The van der Waals surface area contributed by atoms with Crippen molar-refractivity contribution in [2.45, 2.75) is 51.1 Å². The Hall–Kier alpha value is -3.89. The first-order valence-electron chi connectivity index (χ1n) is 14.4. The lowest BCUT2D eigenvalue weighted by Crippen LogP contribution is -2.42. The van der Waals surface area contributed by atoms with E-state index in [2.05, 4.69) is 23.5 Å². The van der Waals surface area contributed by atoms with E-state index in [1.165, 1.54) is 0 Å². The number of carbonyl (C=O) groups excluding carboxylic acids is 1. The molecule has 2 N–H and O–H groups in total. The summed E-state index contributed by atoms with van der Waals surface area (Å²) in [6.45, 7) is 6.63. The van der Waals surface area contributed by atoms with Crippen molar-refractivity contribution in [3.8, 4) is 33.9 Å². The van der Waals surface area contributed by atoms with Crippen molar-refractivity contribution in [2.75, 3.05) is 13.4 Å². The molecule has 1 amide bonds. The highest BCUT2D eigenvalue weighted by Gasteiger charge is 2.45. The van der Waals surface area contributed by atoms with Crippen LogP contribution in [0, 0.1) is 0 Å². The van der Waals surface area contributed by atoms with Gasteiger partial charge in [0.2, 0.25) is 6.79 Å². The van der Waals surface area contributed by atoms with Crippen molar-refractivity contribution >= 4 is 17.3 Å². The first kappa shape index (κ1) is 29.2. The second kappa shape index (κ2) is 12.0. The molecule has 222 valence electrons. The van der Waals surface area contributed by atoms with Crippen molar-refractivity contribution in [3.05, 3.63) is 101 Å². The summed E-state index contributed by atoms with van der Waals surface area (Å²) in [5.41, 5.74) is 6.57. The van der Waals surface area contributed by atoms with Crippen LogP contribution < -0.4 is 14.8 Å². The van der Waals surface area contributed by atoms with Gasteiger partial charge in [0.15, 0.2) is 11.5 Å². The number of pyridine rings is 1. The van der Waals surface area contributed by atoms with E-state index in [9.17, 15) is 14.5 Å². The van der Waals surface area contributed by atoms with Gasteiger partial charge < -0.3 is 24.4 Å². The number of hydrogen-bond donors (Lipinski definition) is 2. The van der Waals surface area contributed by atoms with Crippen LogP contribution in [-0.4, -0.2) is 43.0 Å². The zero-order valence-corrected chi connectivity index (χ0v) is 25.3. The van der Waals surface area contributed by atoms with Gasteiger partial charge >= 0.3 is 0 Å². The Morgan fingerprint density at radius 1 is 1.00 bits per heavy atom. The molecule has 0 bridgehead atoms. The Bertz CT molecular complexity index is 1640. The number of aliphatic hydroxyl groups excluding tert-OH is 1. The maximum Gasteiger partial charge on any atom is 0.270 e. The summed E-state index contributed by atoms with van der Waals surface area (Å²) >= 11 is -1.34. The quantitative estimate of drug-likeness (QED) is 0.248. The van der Waals surface area contributed by atoms with Gasteiger partial charge in [-0.2, -0.15) is 0 Å². The number of aliphatic hydroxyl groups is 1. The van der Waals surface area contributed by atoms with Gasteiger partial charge in [0.05, 0.1) is 18.3 Å². The standard InChI is InChI=1S/C34H35N3O5S/c1-34(2,3)43(40)37-20-26-18-27(33(39)35-19-22-12-13-29-30(16-22)42-21-41-29)36-32(31(26)28(37)14-15-38)25-11-7-10-24(17-25)23-8-5-4-6-9-23/h4-13,16-18,28,38H,14-15,19-21H2,1-3H3,(H,35,39)/t28-,43?/m1/s1. The number of amides is 1. The average molecular weight is 598 g/mol. The summed E-state index contributed by atoms with van der Waals surface area (Å²) in [7, 11) is 0. The third-order valence-electron chi connectivity index (χ3n) is 7.66. The smallest absolute Gasteiger partial charge is 0.270 e. The second-order valence-corrected chi connectivity index (χ2v) is 13.9. The number of nitrogens with zero attached hydrogens (tertiary/aromatic N) is 2. The fourth-order valence-corrected chi connectivity index (χ4v) is 7.01. The molecule has 0 saturated carbocycles. The summed E-state index contributed by atoms with van der Waals surface area (Å²) < 4.78 is 26.0. The Morgan fingerprint density at radius 3 is 2.51 bits per heavy atom. The van der Waals surface area contributed by atoms with E-state index in [0.29, 0.717) is 36.7 Å². The maximum absolute atomic E-state index is 13.7. The third kappa shape index (κ3) is 5.99. The Balaban J connectivity index is 1.40. The summed E-state index contributed by atoms with van der Waals surface area (Å²) in [6.07, 6.45) is 0.400. The molecule has 2 atom stereocenters. The summed E-state index contributed by atoms with van der Waals surface area (Å²) in [4.78, 5) is 18.5. The van der Waals surface area contributed by atoms with Crippen molar-refractivity contribution in [3.63, 3.8) is 0 Å². The number of hydrogen-bond acceptors (Lipinski definition) is 7. The van der Waals surface area contributed by atoms with Crippen LogP contribution >= 0.6 is 0 Å². The van der Waals surface area contributed by atoms with Crippen molar-refractivity contribution in [1.29, 1.82) is 0 Å². The zero-order valence-electron chi connectivity index (χ0n) is 24.5. The molecule has 2 aliphatic rings. The van der Waals surface area contributed by atoms with Crippen LogP contribution in [0.4, 0.5) is 0 Å². The number of nitrogens with one attached hydrogen (secondary N) is 1. The van der Waals surface area contributed by atoms with Crippen LogP contribution in [0.1, 0.15) is 60.4 Å². The number of aromatic nitrogens is 1. The fourth-order valence-electron chi connectivity index (χ4n) is 5.61. The highest BCUT2D eigenvalue weighted by Crippen LogP contribution is 2.45. The molecule has 0 spiro atoms. The van der Waals surface area contributed by atoms with E-state index in [-0.39, 0.29) is 31.0 Å². The largest absolute Gasteiger partial charge is 0.597 e. The lowest BCUT2D eigenvalue weighted by atomic mass is 9.94. The molecular weight excluding hydrogens is 562 g/mol. The first-order valence-corrected chi connectivity index (χ1v) is 15.5. The average Bonchev–Trinajstić information content (AvgIpc) is 3.63. The van der Waals surface area contributed by atoms with E-state index in [4.69, 9.17) is 14.5 Å². The lowest BCUT2D eigenvalue weighted by molar-refractivity contribution is 0.0945. The number of carbonyl (C=O) groups is 1. The molecule has 8 nitrogen and oxygen atoms in total. The molecule has 9 heteroatoms. The molecule has 0 radical (unpaired) electrons. The molecule has 3 heterocycles. The van der Waals surface area contributed by atoms with Crippen LogP contribution in [0.25, 0.3) is 22.4 Å². The highest BCUT2D eigenvalue weighted by molar-refractivity contribution is 7.90. The molecule has 4 aromatic rings. The van der Waals surface area contributed by atoms with Gasteiger partial charge in [-0.15, -0.1) is 4.31 Å². The second-order valence-electron chi connectivity index (χ2n) is 11.7. The predicted molar refractivity (Wildman–Crippen MR) is 167 cm³/mol. The van der Waals surface area contributed by atoms with E-state index in [1.807, 2.05) is 79.7 Å². The van der Waals surface area contributed by atoms with Crippen molar-refractivity contribution < 1.29 is 23.9 Å². The SMILES string of the molecule is CC(C)(C)[S+]([O-])N1Cc2cc(C(=O)NCc3ccc4c(c3)OCO4)nc(-c3cccc(-c4ccccc4)c3)c2[C@H]1CCO. The molecule has 6 rings (SSSR count). The van der Waals surface area contributed by atoms with E-state index in [1.54, 1.807) is 6.07 Å². The molecular formula is C34H35N3O5S. The highest BCUT2D eigenvalue weighted by atomic mass is 32.2. The molecule has 1 unspecified atom stereocenters. The maximum atomic E-state index is 13.7. The van der Waals surface area contributed by atoms with E-state index in [0.717, 1.165) is 33.4 Å². The number of rotatable bonds is 8. The normalized spacial score (nSPS) is 16.6. The molecule has 1 aromatic heterocycles. The molecule has 0 aliphatic carbocycles. The van der Waals surface area contributed by atoms with Crippen LogP contribution in [-0.2, 0) is 24.5 Å². The lowest BCUT2D eigenvalue weighted by Gasteiger charge is -2.33. The number of fused-ring (bicyclic) bond motifs is 2. The van der Waals surface area contributed by atoms with Gasteiger partial charge in [0.25, 0.3) is 5.91 Å². The number of benzene rings is 3.